The van der Waals surface area contributed by atoms with Crippen LogP contribution in [-0.2, 0) is 13.2 Å². The van der Waals surface area contributed by atoms with Crippen molar-refractivity contribution in [2.24, 2.45) is 0 Å². The largest absolute Gasteiger partial charge is 0.489 e. The molecule has 0 bridgehead atoms. The Bertz CT molecular complexity index is 1330. The topological polar surface area (TPSA) is 56.2 Å². The lowest BCUT2D eigenvalue weighted by atomic mass is 10.1. The van der Waals surface area contributed by atoms with Gasteiger partial charge in [0.15, 0.2) is 0 Å². The fraction of sp³-hybridized carbons (Fsp3) is 0.214. The summed E-state index contributed by atoms with van der Waals surface area (Å²) in [5.74, 6) is 0.597. The summed E-state index contributed by atoms with van der Waals surface area (Å²) in [7, 11) is 0. The zero-order valence-corrected chi connectivity index (χ0v) is 20.6. The maximum Gasteiger partial charge on any atom is 0.255 e. The minimum Gasteiger partial charge on any atom is -0.489 e. The Morgan fingerprint density at radius 3 is 2.44 bits per heavy atom. The summed E-state index contributed by atoms with van der Waals surface area (Å²) in [5, 5.41) is 8.39. The Labute approximate surface area is 205 Å². The molecule has 0 radical (unpaired) electrons. The molecule has 0 spiro atoms. The number of anilines is 1. The number of halogens is 1. The van der Waals surface area contributed by atoms with Crippen LogP contribution in [0.15, 0.2) is 66.7 Å². The number of nitrogens with zero attached hydrogens (tertiary/aromatic N) is 2. The standard InChI is InChI=1S/C28H28ClN3O2/c1-18-6-5-7-23(14-18)16-32-21(4)27(20(3)31-32)30-28(33)24-10-8-22(9-11-24)17-34-25-12-13-26(29)19(2)15-25/h5-15H,16-17H2,1-4H3,(H,30,33). The average Bonchev–Trinajstić information content (AvgIpc) is 3.07. The molecule has 0 saturated heterocycles. The van der Waals surface area contributed by atoms with Crippen molar-refractivity contribution < 1.29 is 9.53 Å². The zero-order chi connectivity index (χ0) is 24.2. The normalized spacial score (nSPS) is 10.9. The van der Waals surface area contributed by atoms with E-state index in [1.54, 1.807) is 0 Å². The first-order valence-electron chi connectivity index (χ1n) is 11.2. The maximum atomic E-state index is 12.9. The van der Waals surface area contributed by atoms with Crippen molar-refractivity contribution >= 4 is 23.2 Å². The molecule has 0 aliphatic heterocycles. The Morgan fingerprint density at radius 1 is 0.971 bits per heavy atom. The molecule has 1 amide bonds. The second kappa shape index (κ2) is 10.1. The number of aryl methyl sites for hydroxylation is 3. The highest BCUT2D eigenvalue weighted by atomic mass is 35.5. The minimum absolute atomic E-state index is 0.165. The van der Waals surface area contributed by atoms with Crippen LogP contribution < -0.4 is 10.1 Å². The van der Waals surface area contributed by atoms with E-state index >= 15 is 0 Å². The van der Waals surface area contributed by atoms with Crippen LogP contribution in [0.25, 0.3) is 0 Å². The predicted octanol–water partition coefficient (Wildman–Crippen LogP) is 6.65. The number of rotatable bonds is 7. The molecule has 0 fully saturated rings. The Balaban J connectivity index is 1.40. The molecule has 4 rings (SSSR count). The summed E-state index contributed by atoms with van der Waals surface area (Å²) in [6.07, 6.45) is 0. The van der Waals surface area contributed by atoms with Crippen LogP contribution in [0.4, 0.5) is 5.69 Å². The smallest absolute Gasteiger partial charge is 0.255 e. The highest BCUT2D eigenvalue weighted by Crippen LogP contribution is 2.23. The van der Waals surface area contributed by atoms with Gasteiger partial charge in [0.25, 0.3) is 5.91 Å². The molecule has 1 heterocycles. The fourth-order valence-corrected chi connectivity index (χ4v) is 3.94. The molecule has 0 saturated carbocycles. The lowest BCUT2D eigenvalue weighted by Gasteiger charge is -2.10. The number of carbonyl (C=O) groups excluding carboxylic acids is 1. The van der Waals surface area contributed by atoms with Crippen molar-refractivity contribution in [2.75, 3.05) is 5.32 Å². The van der Waals surface area contributed by atoms with Gasteiger partial charge in [0.05, 0.1) is 23.6 Å². The number of hydrogen-bond acceptors (Lipinski definition) is 3. The molecule has 3 aromatic carbocycles. The lowest BCUT2D eigenvalue weighted by molar-refractivity contribution is 0.102. The molecule has 0 aliphatic rings. The summed E-state index contributed by atoms with van der Waals surface area (Å²) < 4.78 is 7.77. The van der Waals surface area contributed by atoms with Crippen LogP contribution in [-0.4, -0.2) is 15.7 Å². The predicted molar refractivity (Wildman–Crippen MR) is 137 cm³/mol. The Morgan fingerprint density at radius 2 is 1.74 bits per heavy atom. The quantitative estimate of drug-likeness (QED) is 0.327. The van der Waals surface area contributed by atoms with Gasteiger partial charge in [0, 0.05) is 10.6 Å². The molecule has 0 aliphatic carbocycles. The highest BCUT2D eigenvalue weighted by Gasteiger charge is 2.15. The van der Waals surface area contributed by atoms with E-state index in [0.717, 1.165) is 34.0 Å². The van der Waals surface area contributed by atoms with E-state index in [1.807, 2.05) is 74.0 Å². The molecule has 0 unspecified atom stereocenters. The van der Waals surface area contributed by atoms with Crippen LogP contribution >= 0.6 is 11.6 Å². The van der Waals surface area contributed by atoms with Gasteiger partial charge in [-0.2, -0.15) is 5.10 Å². The summed E-state index contributed by atoms with van der Waals surface area (Å²) in [6.45, 7) is 8.97. The third-order valence-electron chi connectivity index (χ3n) is 5.79. The number of aromatic nitrogens is 2. The molecule has 4 aromatic rings. The van der Waals surface area contributed by atoms with E-state index in [9.17, 15) is 4.79 Å². The van der Waals surface area contributed by atoms with E-state index in [-0.39, 0.29) is 5.91 Å². The monoisotopic (exact) mass is 473 g/mol. The molecular weight excluding hydrogens is 446 g/mol. The average molecular weight is 474 g/mol. The molecule has 0 atom stereocenters. The Hall–Kier alpha value is -3.57. The number of amides is 1. The van der Waals surface area contributed by atoms with Crippen LogP contribution in [0.1, 0.15) is 44.0 Å². The number of benzene rings is 3. The van der Waals surface area contributed by atoms with Crippen molar-refractivity contribution in [1.29, 1.82) is 0 Å². The summed E-state index contributed by atoms with van der Waals surface area (Å²) in [4.78, 5) is 12.9. The van der Waals surface area contributed by atoms with Crippen molar-refractivity contribution in [3.8, 4) is 5.75 Å². The zero-order valence-electron chi connectivity index (χ0n) is 19.9. The second-order valence-electron chi connectivity index (χ2n) is 8.54. The van der Waals surface area contributed by atoms with Crippen molar-refractivity contribution in [1.82, 2.24) is 9.78 Å². The molecule has 1 aromatic heterocycles. The van der Waals surface area contributed by atoms with Crippen LogP contribution in [0.3, 0.4) is 0 Å². The Kier molecular flexibility index (Phi) is 7.03. The first kappa shape index (κ1) is 23.6. The van der Waals surface area contributed by atoms with Gasteiger partial charge in [0.1, 0.15) is 12.4 Å². The summed E-state index contributed by atoms with van der Waals surface area (Å²) in [5.41, 5.74) is 7.39. The van der Waals surface area contributed by atoms with E-state index in [4.69, 9.17) is 16.3 Å². The van der Waals surface area contributed by atoms with Crippen molar-refractivity contribution in [3.63, 3.8) is 0 Å². The molecule has 5 nitrogen and oxygen atoms in total. The lowest BCUT2D eigenvalue weighted by Crippen LogP contribution is -2.13. The van der Waals surface area contributed by atoms with E-state index in [0.29, 0.717) is 23.7 Å². The highest BCUT2D eigenvalue weighted by molar-refractivity contribution is 6.31. The SMILES string of the molecule is Cc1cccc(Cn2nc(C)c(NC(=O)c3ccc(COc4ccc(Cl)c(C)c4)cc3)c2C)c1. The first-order chi connectivity index (χ1) is 16.3. The van der Waals surface area contributed by atoms with Gasteiger partial charge in [0.2, 0.25) is 0 Å². The third kappa shape index (κ3) is 5.49. The van der Waals surface area contributed by atoms with Crippen LogP contribution in [0.2, 0.25) is 5.02 Å². The summed E-state index contributed by atoms with van der Waals surface area (Å²) in [6, 6.07) is 21.4. The molecular formula is C28H28ClN3O2. The van der Waals surface area contributed by atoms with Crippen LogP contribution in [0.5, 0.6) is 5.75 Å². The van der Waals surface area contributed by atoms with Gasteiger partial charge in [-0.1, -0.05) is 53.6 Å². The van der Waals surface area contributed by atoms with E-state index in [2.05, 4.69) is 35.5 Å². The van der Waals surface area contributed by atoms with Gasteiger partial charge in [-0.3, -0.25) is 9.48 Å². The second-order valence-corrected chi connectivity index (χ2v) is 8.95. The van der Waals surface area contributed by atoms with Gasteiger partial charge < -0.3 is 10.1 Å². The maximum absolute atomic E-state index is 12.9. The molecule has 1 N–H and O–H groups in total. The molecule has 174 valence electrons. The fourth-order valence-electron chi connectivity index (χ4n) is 3.83. The van der Waals surface area contributed by atoms with Crippen LogP contribution in [0, 0.1) is 27.7 Å². The number of ether oxygens (including phenoxy) is 1. The van der Waals surface area contributed by atoms with Gasteiger partial charge in [-0.05, 0) is 74.7 Å². The van der Waals surface area contributed by atoms with Gasteiger partial charge in [-0.15, -0.1) is 0 Å². The van der Waals surface area contributed by atoms with E-state index < -0.39 is 0 Å². The number of carbonyl (C=O) groups is 1. The van der Waals surface area contributed by atoms with Crippen molar-refractivity contribution in [2.45, 2.75) is 40.8 Å². The number of nitrogens with one attached hydrogen (secondary N) is 1. The summed E-state index contributed by atoms with van der Waals surface area (Å²) >= 11 is 6.07. The third-order valence-corrected chi connectivity index (χ3v) is 6.21. The van der Waals surface area contributed by atoms with E-state index in [1.165, 1.54) is 11.1 Å². The number of hydrogen-bond donors (Lipinski definition) is 1. The molecule has 34 heavy (non-hydrogen) atoms. The van der Waals surface area contributed by atoms with Crippen molar-refractivity contribution in [3.05, 3.63) is 111 Å². The van der Waals surface area contributed by atoms with Gasteiger partial charge in [-0.25, -0.2) is 0 Å². The van der Waals surface area contributed by atoms with Gasteiger partial charge >= 0.3 is 0 Å². The minimum atomic E-state index is -0.165. The molecule has 6 heteroatoms. The first-order valence-corrected chi connectivity index (χ1v) is 11.6.